The lowest BCUT2D eigenvalue weighted by Crippen LogP contribution is -2.15. The van der Waals surface area contributed by atoms with Gasteiger partial charge in [0.2, 0.25) is 0 Å². The van der Waals surface area contributed by atoms with Gasteiger partial charge in [0, 0.05) is 12.6 Å². The van der Waals surface area contributed by atoms with Gasteiger partial charge in [0.1, 0.15) is 23.2 Å². The molecule has 0 bridgehead atoms. The van der Waals surface area contributed by atoms with Crippen molar-refractivity contribution in [3.63, 3.8) is 0 Å². The molecule has 0 atom stereocenters. The number of hydrogen-bond donors (Lipinski definition) is 1. The largest absolute Gasteiger partial charge is 0.435 e. The highest BCUT2D eigenvalue weighted by Gasteiger charge is 2.14. The second-order valence-electron chi connectivity index (χ2n) is 4.00. The van der Waals surface area contributed by atoms with Gasteiger partial charge in [-0.05, 0) is 18.2 Å². The summed E-state index contributed by atoms with van der Waals surface area (Å²) in [7, 11) is 1.56. The second kappa shape index (κ2) is 6.00. The highest BCUT2D eigenvalue weighted by Crippen LogP contribution is 2.18. The van der Waals surface area contributed by atoms with E-state index in [1.54, 1.807) is 7.05 Å². The van der Waals surface area contributed by atoms with Crippen molar-refractivity contribution < 1.29 is 18.3 Å². The summed E-state index contributed by atoms with van der Waals surface area (Å²) in [5.41, 5.74) is 0.323. The number of amides is 1. The van der Waals surface area contributed by atoms with Crippen molar-refractivity contribution >= 4 is 11.7 Å². The van der Waals surface area contributed by atoms with Crippen LogP contribution in [0.1, 0.15) is 15.9 Å². The van der Waals surface area contributed by atoms with Crippen LogP contribution < -0.4 is 10.1 Å². The molecule has 0 saturated carbocycles. The molecular formula is C13H10F2N4O2. The van der Waals surface area contributed by atoms with Crippen molar-refractivity contribution in [2.24, 2.45) is 7.05 Å². The normalized spacial score (nSPS) is 10.2. The fourth-order valence-electron chi connectivity index (χ4n) is 1.66. The third-order valence-corrected chi connectivity index (χ3v) is 2.61. The van der Waals surface area contributed by atoms with E-state index in [0.29, 0.717) is 0 Å². The molecule has 0 unspecified atom stereocenters. The molecule has 8 heteroatoms. The molecule has 6 nitrogen and oxygen atoms in total. The molecule has 1 amide bonds. The Morgan fingerprint density at radius 1 is 1.52 bits per heavy atom. The van der Waals surface area contributed by atoms with Gasteiger partial charge in [-0.2, -0.15) is 19.1 Å². The first kappa shape index (κ1) is 14.5. The van der Waals surface area contributed by atoms with Gasteiger partial charge in [0.05, 0.1) is 6.20 Å². The van der Waals surface area contributed by atoms with Crippen molar-refractivity contribution in [1.82, 2.24) is 9.78 Å². The number of aryl methyl sites for hydroxylation is 1. The molecule has 0 aliphatic heterocycles. The average Bonchev–Trinajstić information content (AvgIpc) is 2.79. The van der Waals surface area contributed by atoms with Crippen LogP contribution in [0.4, 0.5) is 14.6 Å². The van der Waals surface area contributed by atoms with E-state index in [9.17, 15) is 13.6 Å². The summed E-state index contributed by atoms with van der Waals surface area (Å²) in [6.07, 6.45) is 1.31. The highest BCUT2D eigenvalue weighted by molar-refractivity contribution is 6.04. The van der Waals surface area contributed by atoms with E-state index in [2.05, 4.69) is 15.2 Å². The lowest BCUT2D eigenvalue weighted by atomic mass is 10.2. The van der Waals surface area contributed by atoms with E-state index in [1.165, 1.54) is 35.1 Å². The molecule has 1 aromatic heterocycles. The number of nitrogens with zero attached hydrogens (tertiary/aromatic N) is 3. The predicted molar refractivity (Wildman–Crippen MR) is 69.0 cm³/mol. The molecular weight excluding hydrogens is 282 g/mol. The van der Waals surface area contributed by atoms with Crippen LogP contribution in [0.5, 0.6) is 5.75 Å². The van der Waals surface area contributed by atoms with Crippen molar-refractivity contribution in [3.05, 3.63) is 41.6 Å². The number of aromatic nitrogens is 2. The molecule has 0 aliphatic rings. The Morgan fingerprint density at radius 2 is 2.29 bits per heavy atom. The van der Waals surface area contributed by atoms with Crippen LogP contribution in [0.25, 0.3) is 0 Å². The lowest BCUT2D eigenvalue weighted by Gasteiger charge is -2.08. The predicted octanol–water partition coefficient (Wildman–Crippen LogP) is 2.15. The minimum atomic E-state index is -2.97. The number of rotatable bonds is 4. The number of ether oxygens (including phenoxy) is 1. The van der Waals surface area contributed by atoms with E-state index in [-0.39, 0.29) is 22.7 Å². The Morgan fingerprint density at radius 3 is 2.95 bits per heavy atom. The lowest BCUT2D eigenvalue weighted by molar-refractivity contribution is -0.0498. The van der Waals surface area contributed by atoms with Crippen molar-refractivity contribution in [3.8, 4) is 11.8 Å². The maximum atomic E-state index is 12.1. The molecule has 108 valence electrons. The van der Waals surface area contributed by atoms with E-state index < -0.39 is 12.5 Å². The maximum Gasteiger partial charge on any atom is 0.387 e. The molecule has 1 heterocycles. The summed E-state index contributed by atoms with van der Waals surface area (Å²) in [5, 5.41) is 15.2. The zero-order valence-corrected chi connectivity index (χ0v) is 10.9. The number of anilines is 1. The number of carbonyl (C=O) groups is 1. The fraction of sp³-hybridized carbons (Fsp3) is 0.154. The molecule has 21 heavy (non-hydrogen) atoms. The number of carbonyl (C=O) groups excluding carboxylic acids is 1. The molecule has 1 N–H and O–H groups in total. The summed E-state index contributed by atoms with van der Waals surface area (Å²) in [6.45, 7) is -2.97. The molecule has 2 rings (SSSR count). The SMILES string of the molecule is Cn1ncc(C#N)c1NC(=O)c1cccc(OC(F)F)c1. The summed E-state index contributed by atoms with van der Waals surface area (Å²) < 4.78 is 29.8. The van der Waals surface area contributed by atoms with Crippen LogP contribution in [0, 0.1) is 11.3 Å². The van der Waals surface area contributed by atoms with Gasteiger partial charge >= 0.3 is 6.61 Å². The number of benzene rings is 1. The first-order valence-corrected chi connectivity index (χ1v) is 5.79. The quantitative estimate of drug-likeness (QED) is 0.936. The maximum absolute atomic E-state index is 12.1. The Labute approximate surface area is 118 Å². The smallest absolute Gasteiger partial charge is 0.387 e. The Hall–Kier alpha value is -2.95. The van der Waals surface area contributed by atoms with E-state index in [4.69, 9.17) is 5.26 Å². The van der Waals surface area contributed by atoms with Gasteiger partial charge < -0.3 is 10.1 Å². The summed E-state index contributed by atoms with van der Waals surface area (Å²) in [4.78, 5) is 12.1. The van der Waals surface area contributed by atoms with Gasteiger partial charge in [-0.3, -0.25) is 9.48 Å². The third kappa shape index (κ3) is 3.33. The number of hydrogen-bond acceptors (Lipinski definition) is 4. The average molecular weight is 292 g/mol. The fourth-order valence-corrected chi connectivity index (χ4v) is 1.66. The van der Waals surface area contributed by atoms with Gasteiger partial charge in [0.15, 0.2) is 0 Å². The second-order valence-corrected chi connectivity index (χ2v) is 4.00. The zero-order valence-electron chi connectivity index (χ0n) is 10.9. The van der Waals surface area contributed by atoms with Gasteiger partial charge in [0.25, 0.3) is 5.91 Å². The monoisotopic (exact) mass is 292 g/mol. The zero-order chi connectivity index (χ0) is 15.4. The van der Waals surface area contributed by atoms with Crippen LogP contribution in [-0.4, -0.2) is 22.3 Å². The van der Waals surface area contributed by atoms with E-state index in [1.807, 2.05) is 6.07 Å². The standard InChI is InChI=1S/C13H10F2N4O2/c1-19-11(9(6-16)7-17-19)18-12(20)8-3-2-4-10(5-8)21-13(14)15/h2-5,7,13H,1H3,(H,18,20). The first-order valence-electron chi connectivity index (χ1n) is 5.79. The molecule has 0 radical (unpaired) electrons. The van der Waals surface area contributed by atoms with Gasteiger partial charge in [-0.15, -0.1) is 0 Å². The molecule has 1 aromatic carbocycles. The minimum Gasteiger partial charge on any atom is -0.435 e. The van der Waals surface area contributed by atoms with E-state index in [0.717, 1.165) is 0 Å². The first-order chi connectivity index (χ1) is 10.0. The van der Waals surface area contributed by atoms with Crippen molar-refractivity contribution in [2.45, 2.75) is 6.61 Å². The Bertz CT molecular complexity index is 706. The molecule has 0 aliphatic carbocycles. The number of nitriles is 1. The number of nitrogens with one attached hydrogen (secondary N) is 1. The molecule has 0 spiro atoms. The highest BCUT2D eigenvalue weighted by atomic mass is 19.3. The van der Waals surface area contributed by atoms with Gasteiger partial charge in [-0.1, -0.05) is 6.07 Å². The van der Waals surface area contributed by atoms with Gasteiger partial charge in [-0.25, -0.2) is 0 Å². The molecule has 2 aromatic rings. The summed E-state index contributed by atoms with van der Waals surface area (Å²) >= 11 is 0. The topological polar surface area (TPSA) is 79.9 Å². The van der Waals surface area contributed by atoms with Crippen LogP contribution in [0.15, 0.2) is 30.5 Å². The van der Waals surface area contributed by atoms with Crippen molar-refractivity contribution in [2.75, 3.05) is 5.32 Å². The van der Waals surface area contributed by atoms with Crippen molar-refractivity contribution in [1.29, 1.82) is 5.26 Å². The van der Waals surface area contributed by atoms with E-state index >= 15 is 0 Å². The Kier molecular flexibility index (Phi) is 4.13. The molecule has 0 fully saturated rings. The van der Waals surface area contributed by atoms with Crippen LogP contribution in [-0.2, 0) is 7.05 Å². The Balaban J connectivity index is 2.21. The van der Waals surface area contributed by atoms with Crippen LogP contribution in [0.2, 0.25) is 0 Å². The number of alkyl halides is 2. The minimum absolute atomic E-state index is 0.122. The third-order valence-electron chi connectivity index (χ3n) is 2.61. The summed E-state index contributed by atoms with van der Waals surface area (Å²) in [6, 6.07) is 7.24. The number of halogens is 2. The molecule has 0 saturated heterocycles. The van der Waals surface area contributed by atoms with Crippen LogP contribution in [0.3, 0.4) is 0 Å². The summed E-state index contributed by atoms with van der Waals surface area (Å²) in [5.74, 6) is -0.458. The van der Waals surface area contributed by atoms with Crippen LogP contribution >= 0.6 is 0 Å².